The zero-order valence-electron chi connectivity index (χ0n) is 14.0. The van der Waals surface area contributed by atoms with Crippen molar-refractivity contribution >= 4 is 29.3 Å². The molecule has 1 saturated heterocycles. The van der Waals surface area contributed by atoms with E-state index in [9.17, 15) is 4.79 Å². The zero-order valence-corrected chi connectivity index (χ0v) is 14.8. The van der Waals surface area contributed by atoms with Crippen LogP contribution < -0.4 is 10.6 Å². The molecule has 0 radical (unpaired) electrons. The van der Waals surface area contributed by atoms with Gasteiger partial charge in [0.1, 0.15) is 5.82 Å². The molecule has 3 rings (SSSR count). The van der Waals surface area contributed by atoms with E-state index in [0.29, 0.717) is 6.54 Å². The van der Waals surface area contributed by atoms with E-state index in [-0.39, 0.29) is 17.6 Å². The van der Waals surface area contributed by atoms with Crippen LogP contribution in [0.1, 0.15) is 28.9 Å². The van der Waals surface area contributed by atoms with Crippen molar-refractivity contribution in [2.75, 3.05) is 30.0 Å². The molecule has 1 aliphatic heterocycles. The average Bonchev–Trinajstić information content (AvgIpc) is 2.60. The summed E-state index contributed by atoms with van der Waals surface area (Å²) in [5.74, 6) is 1.31. The Morgan fingerprint density at radius 3 is 2.88 bits per heavy atom. The third-order valence-electron chi connectivity index (χ3n) is 4.35. The van der Waals surface area contributed by atoms with Crippen molar-refractivity contribution in [1.82, 2.24) is 9.97 Å². The number of piperidine rings is 1. The first-order valence-corrected chi connectivity index (χ1v) is 9.34. The minimum absolute atomic E-state index is 0.0106. The first-order valence-electron chi connectivity index (χ1n) is 8.12. The van der Waals surface area contributed by atoms with Gasteiger partial charge in [0, 0.05) is 41.2 Å². The smallest absolute Gasteiger partial charge is 0.222 e. The summed E-state index contributed by atoms with van der Waals surface area (Å²) in [7, 11) is 0. The van der Waals surface area contributed by atoms with Crippen LogP contribution in [0, 0.1) is 12.8 Å². The van der Waals surface area contributed by atoms with E-state index in [1.807, 2.05) is 43.5 Å². The number of benzene rings is 1. The molecule has 0 unspecified atom stereocenters. The number of carbonyl (C=O) groups excluding carboxylic acids is 1. The fourth-order valence-electron chi connectivity index (χ4n) is 3.20. The molecule has 0 spiro atoms. The first kappa shape index (κ1) is 16.8. The third-order valence-corrected chi connectivity index (χ3v) is 5.14. The molecule has 1 aromatic heterocycles. The Hall–Kier alpha value is -2.08. The molecule has 126 valence electrons. The van der Waals surface area contributed by atoms with Gasteiger partial charge in [0.15, 0.2) is 5.78 Å². The highest BCUT2D eigenvalue weighted by atomic mass is 32.2. The maximum absolute atomic E-state index is 13.0. The van der Waals surface area contributed by atoms with Crippen LogP contribution in [-0.4, -0.2) is 35.1 Å². The second-order valence-electron chi connectivity index (χ2n) is 6.08. The molecule has 2 aromatic rings. The van der Waals surface area contributed by atoms with Crippen LogP contribution in [0.5, 0.6) is 0 Å². The summed E-state index contributed by atoms with van der Waals surface area (Å²) in [5.41, 5.74) is 7.45. The number of nitrogen functional groups attached to an aromatic ring is 1. The van der Waals surface area contributed by atoms with E-state index in [4.69, 9.17) is 5.73 Å². The monoisotopic (exact) mass is 342 g/mol. The Balaban J connectivity index is 1.81. The summed E-state index contributed by atoms with van der Waals surface area (Å²) >= 11 is 1.62. The molecule has 1 atom stereocenters. The van der Waals surface area contributed by atoms with Gasteiger partial charge in [0.05, 0.1) is 0 Å². The van der Waals surface area contributed by atoms with Gasteiger partial charge >= 0.3 is 0 Å². The number of nitrogens with two attached hydrogens (primary N) is 1. The van der Waals surface area contributed by atoms with E-state index < -0.39 is 0 Å². The summed E-state index contributed by atoms with van der Waals surface area (Å²) in [6, 6.07) is 9.77. The molecule has 1 fully saturated rings. The lowest BCUT2D eigenvalue weighted by atomic mass is 9.90. The Labute approximate surface area is 146 Å². The maximum Gasteiger partial charge on any atom is 0.222 e. The second-order valence-corrected chi connectivity index (χ2v) is 6.92. The first-order chi connectivity index (χ1) is 11.6. The average molecular weight is 342 g/mol. The predicted molar refractivity (Wildman–Crippen MR) is 98.7 cm³/mol. The largest absolute Gasteiger partial charge is 0.368 e. The SMILES string of the molecule is CSc1ccccc1C(=O)[C@@H]1CCCN(c2cc(C)nc(N)n2)C1. The van der Waals surface area contributed by atoms with Gasteiger partial charge in [-0.25, -0.2) is 4.98 Å². The van der Waals surface area contributed by atoms with Crippen LogP contribution in [0.4, 0.5) is 11.8 Å². The van der Waals surface area contributed by atoms with Gasteiger partial charge in [-0.3, -0.25) is 4.79 Å². The normalized spacial score (nSPS) is 17.8. The van der Waals surface area contributed by atoms with Crippen LogP contribution in [0.25, 0.3) is 0 Å². The van der Waals surface area contributed by atoms with E-state index >= 15 is 0 Å². The summed E-state index contributed by atoms with van der Waals surface area (Å²) < 4.78 is 0. The van der Waals surface area contributed by atoms with E-state index in [1.54, 1.807) is 11.8 Å². The second kappa shape index (κ2) is 7.21. The van der Waals surface area contributed by atoms with Crippen molar-refractivity contribution in [3.8, 4) is 0 Å². The number of hydrogen-bond acceptors (Lipinski definition) is 6. The van der Waals surface area contributed by atoms with Crippen LogP contribution in [0.2, 0.25) is 0 Å². The summed E-state index contributed by atoms with van der Waals surface area (Å²) in [4.78, 5) is 24.6. The van der Waals surface area contributed by atoms with Crippen molar-refractivity contribution in [2.45, 2.75) is 24.7 Å². The number of carbonyl (C=O) groups is 1. The van der Waals surface area contributed by atoms with Gasteiger partial charge in [-0.1, -0.05) is 18.2 Å². The number of ketones is 1. The standard InChI is InChI=1S/C18H22N4OS/c1-12-10-16(21-18(19)20-12)22-9-5-6-13(11-22)17(23)14-7-3-4-8-15(14)24-2/h3-4,7-8,10,13H,5-6,9,11H2,1-2H3,(H2,19,20,21)/t13-/m1/s1. The number of anilines is 2. The van der Waals surface area contributed by atoms with Crippen molar-refractivity contribution in [3.63, 3.8) is 0 Å². The quantitative estimate of drug-likeness (QED) is 0.679. The van der Waals surface area contributed by atoms with Crippen LogP contribution in [0.15, 0.2) is 35.2 Å². The molecule has 1 aliphatic rings. The molecule has 6 heteroatoms. The molecule has 24 heavy (non-hydrogen) atoms. The number of nitrogens with zero attached hydrogens (tertiary/aromatic N) is 3. The molecule has 0 amide bonds. The van der Waals surface area contributed by atoms with Crippen molar-refractivity contribution in [2.24, 2.45) is 5.92 Å². The molecule has 5 nitrogen and oxygen atoms in total. The van der Waals surface area contributed by atoms with Gasteiger partial charge in [0.2, 0.25) is 5.95 Å². The van der Waals surface area contributed by atoms with Gasteiger partial charge in [0.25, 0.3) is 0 Å². The Morgan fingerprint density at radius 1 is 1.33 bits per heavy atom. The number of rotatable bonds is 4. The van der Waals surface area contributed by atoms with Gasteiger partial charge < -0.3 is 10.6 Å². The van der Waals surface area contributed by atoms with Crippen molar-refractivity contribution < 1.29 is 4.79 Å². The molecule has 2 N–H and O–H groups in total. The third kappa shape index (κ3) is 3.53. The molecule has 1 aromatic carbocycles. The van der Waals surface area contributed by atoms with E-state index in [1.165, 1.54) is 0 Å². The Morgan fingerprint density at radius 2 is 2.12 bits per heavy atom. The lowest BCUT2D eigenvalue weighted by Gasteiger charge is -2.33. The summed E-state index contributed by atoms with van der Waals surface area (Å²) in [5, 5.41) is 0. The highest BCUT2D eigenvalue weighted by molar-refractivity contribution is 7.98. The van der Waals surface area contributed by atoms with Gasteiger partial charge in [-0.2, -0.15) is 4.98 Å². The van der Waals surface area contributed by atoms with Gasteiger partial charge in [-0.15, -0.1) is 11.8 Å². The number of aryl methyl sites for hydroxylation is 1. The minimum Gasteiger partial charge on any atom is -0.368 e. The lowest BCUT2D eigenvalue weighted by Crippen LogP contribution is -2.39. The van der Waals surface area contributed by atoms with Crippen molar-refractivity contribution in [1.29, 1.82) is 0 Å². The van der Waals surface area contributed by atoms with Crippen LogP contribution >= 0.6 is 11.8 Å². The highest BCUT2D eigenvalue weighted by Gasteiger charge is 2.28. The fraction of sp³-hybridized carbons (Fsp3) is 0.389. The molecule has 2 heterocycles. The summed E-state index contributed by atoms with van der Waals surface area (Å²) in [6.45, 7) is 3.48. The fourth-order valence-corrected chi connectivity index (χ4v) is 3.81. The van der Waals surface area contributed by atoms with Gasteiger partial charge in [-0.05, 0) is 32.1 Å². The van der Waals surface area contributed by atoms with E-state index in [2.05, 4.69) is 14.9 Å². The molecular weight excluding hydrogens is 320 g/mol. The summed E-state index contributed by atoms with van der Waals surface area (Å²) in [6.07, 6.45) is 3.89. The molecule has 0 saturated carbocycles. The number of aromatic nitrogens is 2. The predicted octanol–water partition coefficient (Wildman–Crippen LogP) is 3.19. The molecular formula is C18H22N4OS. The van der Waals surface area contributed by atoms with E-state index in [0.717, 1.165) is 41.4 Å². The number of Topliss-reactive ketones (excluding diaryl/α,β-unsaturated/α-hetero) is 1. The van der Waals surface area contributed by atoms with Crippen LogP contribution in [0.3, 0.4) is 0 Å². The minimum atomic E-state index is -0.0106. The molecule has 0 bridgehead atoms. The van der Waals surface area contributed by atoms with Crippen molar-refractivity contribution in [3.05, 3.63) is 41.6 Å². The topological polar surface area (TPSA) is 72.1 Å². The number of thioether (sulfide) groups is 1. The Bertz CT molecular complexity index is 729. The number of hydrogen-bond donors (Lipinski definition) is 1. The van der Waals surface area contributed by atoms with Crippen LogP contribution in [-0.2, 0) is 0 Å². The Kier molecular flexibility index (Phi) is 5.04. The molecule has 0 aliphatic carbocycles. The highest BCUT2D eigenvalue weighted by Crippen LogP contribution is 2.28. The maximum atomic E-state index is 13.0. The lowest BCUT2D eigenvalue weighted by molar-refractivity contribution is 0.0904. The zero-order chi connectivity index (χ0) is 17.1.